The number of fused-ring (bicyclic) bond motifs is 1. The topological polar surface area (TPSA) is 98.3 Å². The van der Waals surface area contributed by atoms with E-state index >= 15 is 0 Å². The number of hydrogen-bond donors (Lipinski definition) is 1. The highest BCUT2D eigenvalue weighted by Crippen LogP contribution is 2.35. The number of nitrogens with two attached hydrogens (primary N) is 1. The van der Waals surface area contributed by atoms with E-state index in [9.17, 15) is 17.6 Å². The van der Waals surface area contributed by atoms with Crippen LogP contribution in [-0.4, -0.2) is 48.7 Å². The maximum atomic E-state index is 14.5. The third kappa shape index (κ3) is 5.11. The van der Waals surface area contributed by atoms with Gasteiger partial charge in [-0.3, -0.25) is 4.79 Å². The molecule has 0 unspecified atom stereocenters. The van der Waals surface area contributed by atoms with Crippen molar-refractivity contribution in [1.29, 1.82) is 0 Å². The molecule has 2 heterocycles. The largest absolute Gasteiger partial charge is 0.336 e. The van der Waals surface area contributed by atoms with Gasteiger partial charge in [0.15, 0.2) is 5.78 Å². The molecule has 2 aromatic heterocycles. The van der Waals surface area contributed by atoms with E-state index in [1.807, 2.05) is 20.8 Å². The molecule has 0 bridgehead atoms. The molecule has 0 saturated carbocycles. The lowest BCUT2D eigenvalue weighted by atomic mass is 10.0. The van der Waals surface area contributed by atoms with Crippen molar-refractivity contribution >= 4 is 26.8 Å². The van der Waals surface area contributed by atoms with Crippen LogP contribution >= 0.6 is 0 Å². The predicted octanol–water partition coefficient (Wildman–Crippen LogP) is 4.30. The third-order valence-corrected chi connectivity index (χ3v) is 7.41. The fourth-order valence-corrected chi connectivity index (χ4v) is 4.84. The molecule has 182 valence electrons. The van der Waals surface area contributed by atoms with E-state index in [1.54, 1.807) is 34.9 Å². The second-order valence-electron chi connectivity index (χ2n) is 8.83. The number of hydrogen-bond acceptors (Lipinski definition) is 5. The Hall–Kier alpha value is -2.88. The lowest BCUT2D eigenvalue weighted by Gasteiger charge is -2.12. The Labute approximate surface area is 200 Å². The summed E-state index contributed by atoms with van der Waals surface area (Å²) in [4.78, 5) is 17.5. The van der Waals surface area contributed by atoms with Crippen molar-refractivity contribution in [3.8, 4) is 11.1 Å². The Bertz CT molecular complexity index is 1360. The highest BCUT2D eigenvalue weighted by Gasteiger charge is 2.23. The lowest BCUT2D eigenvalue weighted by molar-refractivity contribution is 0.0963. The minimum atomic E-state index is -3.66. The number of allylic oxidation sites excluding steroid dienone is 1. The molecule has 3 aromatic rings. The van der Waals surface area contributed by atoms with E-state index in [-0.39, 0.29) is 29.7 Å². The van der Waals surface area contributed by atoms with Crippen LogP contribution in [0.2, 0.25) is 0 Å². The first-order chi connectivity index (χ1) is 16.0. The second kappa shape index (κ2) is 10.2. The molecule has 2 N–H and O–H groups in total. The number of ketones is 1. The van der Waals surface area contributed by atoms with Crippen LogP contribution in [0, 0.1) is 12.8 Å². The van der Waals surface area contributed by atoms with Gasteiger partial charge >= 0.3 is 0 Å². The van der Waals surface area contributed by atoms with E-state index < -0.39 is 15.9 Å². The Kier molecular flexibility index (Phi) is 7.70. The number of rotatable bonds is 9. The Morgan fingerprint density at radius 1 is 1.24 bits per heavy atom. The molecular weight excluding hydrogens is 455 g/mol. The summed E-state index contributed by atoms with van der Waals surface area (Å²) in [7, 11) is -0.715. The minimum Gasteiger partial charge on any atom is -0.336 e. The number of halogens is 1. The summed E-state index contributed by atoms with van der Waals surface area (Å²) >= 11 is 0. The molecule has 1 aromatic carbocycles. The normalized spacial score (nSPS) is 12.8. The molecule has 0 aliphatic rings. The molecule has 3 rings (SSSR count). The van der Waals surface area contributed by atoms with Crippen molar-refractivity contribution in [1.82, 2.24) is 13.9 Å². The number of nitrogens with zero attached hydrogens (tertiary/aromatic N) is 3. The van der Waals surface area contributed by atoms with Gasteiger partial charge in [-0.15, -0.1) is 0 Å². The number of benzene rings is 1. The first-order valence-electron chi connectivity index (χ1n) is 11.1. The van der Waals surface area contributed by atoms with Crippen LogP contribution in [0.4, 0.5) is 4.39 Å². The second-order valence-corrected chi connectivity index (χ2v) is 11.0. The number of carbonyl (C=O) groups excluding carboxylic acids is 1. The highest BCUT2D eigenvalue weighted by molar-refractivity contribution is 7.89. The summed E-state index contributed by atoms with van der Waals surface area (Å²) in [5.41, 5.74) is 8.95. The van der Waals surface area contributed by atoms with Gasteiger partial charge in [0.2, 0.25) is 10.0 Å². The number of Topliss-reactive ketones (excluding diaryl/α,β-unsaturated/α-hetero) is 1. The van der Waals surface area contributed by atoms with Crippen molar-refractivity contribution in [2.45, 2.75) is 38.6 Å². The van der Waals surface area contributed by atoms with Crippen LogP contribution in [0.25, 0.3) is 22.2 Å². The van der Waals surface area contributed by atoms with E-state index in [0.29, 0.717) is 40.0 Å². The molecule has 0 aliphatic heterocycles. The van der Waals surface area contributed by atoms with Crippen molar-refractivity contribution in [3.63, 3.8) is 0 Å². The summed E-state index contributed by atoms with van der Waals surface area (Å²) < 4.78 is 42.8. The summed E-state index contributed by atoms with van der Waals surface area (Å²) in [6, 6.07) is 9.99. The van der Waals surface area contributed by atoms with Gasteiger partial charge in [0.05, 0.1) is 22.5 Å². The van der Waals surface area contributed by atoms with E-state index in [0.717, 1.165) is 4.31 Å². The van der Waals surface area contributed by atoms with Gasteiger partial charge in [0.25, 0.3) is 0 Å². The van der Waals surface area contributed by atoms with Crippen LogP contribution in [-0.2, 0) is 16.6 Å². The fraction of sp³-hybridized carbons (Fsp3) is 0.360. The fourth-order valence-electron chi connectivity index (χ4n) is 3.89. The highest BCUT2D eigenvalue weighted by atomic mass is 32.2. The SMILES string of the molecule is Cc1c(-c2cccc(S(=O)(=O)N(C)C)c2)c2nc(C(=O)CC(C)C)ccc2n1C/C(F)=C/CN. The van der Waals surface area contributed by atoms with E-state index in [1.165, 1.54) is 26.2 Å². The third-order valence-electron chi connectivity index (χ3n) is 5.60. The van der Waals surface area contributed by atoms with Gasteiger partial charge in [-0.25, -0.2) is 22.1 Å². The van der Waals surface area contributed by atoms with Crippen LogP contribution in [0.5, 0.6) is 0 Å². The van der Waals surface area contributed by atoms with Gasteiger partial charge in [0, 0.05) is 38.3 Å². The molecule has 0 amide bonds. The monoisotopic (exact) mass is 486 g/mol. The molecule has 0 radical (unpaired) electrons. The number of pyridine rings is 1. The van der Waals surface area contributed by atoms with Crippen molar-refractivity contribution in [2.24, 2.45) is 11.7 Å². The maximum Gasteiger partial charge on any atom is 0.242 e. The Morgan fingerprint density at radius 3 is 2.56 bits per heavy atom. The van der Waals surface area contributed by atoms with Crippen molar-refractivity contribution in [2.75, 3.05) is 20.6 Å². The first-order valence-corrected chi connectivity index (χ1v) is 12.5. The van der Waals surface area contributed by atoms with Gasteiger partial charge in [0.1, 0.15) is 11.5 Å². The predicted molar refractivity (Wildman–Crippen MR) is 133 cm³/mol. The molecule has 9 heteroatoms. The summed E-state index contributed by atoms with van der Waals surface area (Å²) in [5, 5.41) is 0. The molecule has 0 fully saturated rings. The average Bonchev–Trinajstić information content (AvgIpc) is 3.04. The van der Waals surface area contributed by atoms with Crippen molar-refractivity contribution in [3.05, 3.63) is 59.7 Å². The van der Waals surface area contributed by atoms with Gasteiger partial charge in [-0.2, -0.15) is 0 Å². The maximum absolute atomic E-state index is 14.5. The lowest BCUT2D eigenvalue weighted by Crippen LogP contribution is -2.22. The number of carbonyl (C=O) groups is 1. The van der Waals surface area contributed by atoms with Crippen LogP contribution in [0.1, 0.15) is 36.5 Å². The van der Waals surface area contributed by atoms with Gasteiger partial charge in [-0.1, -0.05) is 26.0 Å². The average molecular weight is 487 g/mol. The van der Waals surface area contributed by atoms with Crippen LogP contribution in [0.15, 0.2) is 53.2 Å². The molecule has 0 spiro atoms. The Balaban J connectivity index is 2.29. The van der Waals surface area contributed by atoms with Crippen molar-refractivity contribution < 1.29 is 17.6 Å². The van der Waals surface area contributed by atoms with Crippen LogP contribution in [0.3, 0.4) is 0 Å². The van der Waals surface area contributed by atoms with E-state index in [2.05, 4.69) is 4.98 Å². The zero-order valence-corrected chi connectivity index (χ0v) is 21.0. The summed E-state index contributed by atoms with van der Waals surface area (Å²) in [6.07, 6.45) is 1.67. The van der Waals surface area contributed by atoms with Gasteiger partial charge in [-0.05, 0) is 48.7 Å². The van der Waals surface area contributed by atoms with Crippen LogP contribution < -0.4 is 5.73 Å². The standard InChI is InChI=1S/C25H31FN4O3S/c1-16(2)13-23(31)21-9-10-22-25(28-21)24(17(3)30(22)15-19(26)11-12-27)18-7-6-8-20(14-18)34(32,33)29(4)5/h6-11,14,16H,12-13,15,27H2,1-5H3/b19-11-. The molecule has 0 aliphatic carbocycles. The molecule has 0 atom stereocenters. The summed E-state index contributed by atoms with van der Waals surface area (Å²) in [6.45, 7) is 5.79. The zero-order valence-electron chi connectivity index (χ0n) is 20.2. The molecule has 7 nitrogen and oxygen atoms in total. The number of aromatic nitrogens is 2. The smallest absolute Gasteiger partial charge is 0.242 e. The number of sulfonamides is 1. The molecule has 34 heavy (non-hydrogen) atoms. The Morgan fingerprint density at radius 2 is 1.94 bits per heavy atom. The van der Waals surface area contributed by atoms with E-state index in [4.69, 9.17) is 5.73 Å². The minimum absolute atomic E-state index is 0.0454. The zero-order chi connectivity index (χ0) is 25.2. The quantitative estimate of drug-likeness (QED) is 0.455. The molecular formula is C25H31FN4O3S. The summed E-state index contributed by atoms with van der Waals surface area (Å²) in [5.74, 6) is -0.288. The first kappa shape index (κ1) is 25.7. The van der Waals surface area contributed by atoms with Gasteiger partial charge < -0.3 is 10.3 Å². The molecule has 0 saturated heterocycles.